The molecular weight excluding hydrogens is 220 g/mol. The minimum atomic E-state index is -0.104. The summed E-state index contributed by atoms with van der Waals surface area (Å²) in [5.41, 5.74) is 1.87. The third-order valence-corrected chi connectivity index (χ3v) is 4.03. The lowest BCUT2D eigenvalue weighted by Crippen LogP contribution is -2.05. The van der Waals surface area contributed by atoms with Crippen LogP contribution in [0, 0.1) is 11.3 Å². The van der Waals surface area contributed by atoms with Gasteiger partial charge in [-0.05, 0) is 31.2 Å². The van der Waals surface area contributed by atoms with Crippen molar-refractivity contribution in [3.8, 4) is 6.07 Å². The smallest absolute Gasteiger partial charge is 0.221 e. The molecule has 1 aromatic rings. The average molecular weight is 234 g/mol. The van der Waals surface area contributed by atoms with E-state index in [1.54, 1.807) is 11.3 Å². The molecular formula is C12H14N2OS. The Morgan fingerprint density at radius 2 is 2.12 bits per heavy atom. The molecule has 0 fully saturated rings. The average Bonchev–Trinajstić information content (AvgIpc) is 2.42. The molecule has 0 aliphatic heterocycles. The summed E-state index contributed by atoms with van der Waals surface area (Å²) in [7, 11) is 0. The fourth-order valence-corrected chi connectivity index (χ4v) is 3.39. The Morgan fingerprint density at radius 1 is 1.38 bits per heavy atom. The molecule has 1 aromatic heterocycles. The standard InChI is InChI=1S/C12H14N2OS/c1-8(15)14-12-10(7-13)9-5-3-2-4-6-11(9)16-12/h2-6H2,1H3,(H,14,15). The van der Waals surface area contributed by atoms with Gasteiger partial charge in [0.15, 0.2) is 0 Å². The van der Waals surface area contributed by atoms with Crippen LogP contribution in [0.25, 0.3) is 0 Å². The van der Waals surface area contributed by atoms with Gasteiger partial charge < -0.3 is 5.32 Å². The van der Waals surface area contributed by atoms with Gasteiger partial charge in [-0.1, -0.05) is 6.42 Å². The number of amides is 1. The predicted octanol–water partition coefficient (Wildman–Crippen LogP) is 2.85. The van der Waals surface area contributed by atoms with E-state index in [0.29, 0.717) is 5.56 Å². The van der Waals surface area contributed by atoms with E-state index >= 15 is 0 Å². The normalized spacial score (nSPS) is 14.8. The van der Waals surface area contributed by atoms with Gasteiger partial charge in [-0.2, -0.15) is 5.26 Å². The number of aryl methyl sites for hydroxylation is 1. The zero-order valence-electron chi connectivity index (χ0n) is 9.30. The van der Waals surface area contributed by atoms with E-state index in [2.05, 4.69) is 11.4 Å². The van der Waals surface area contributed by atoms with Crippen LogP contribution < -0.4 is 5.32 Å². The van der Waals surface area contributed by atoms with E-state index in [4.69, 9.17) is 0 Å². The molecule has 2 rings (SSSR count). The van der Waals surface area contributed by atoms with Gasteiger partial charge in [-0.15, -0.1) is 11.3 Å². The molecule has 0 saturated heterocycles. The number of nitrogens with zero attached hydrogens (tertiary/aromatic N) is 1. The van der Waals surface area contributed by atoms with Crippen LogP contribution in [0.5, 0.6) is 0 Å². The van der Waals surface area contributed by atoms with Gasteiger partial charge in [-0.25, -0.2) is 0 Å². The number of anilines is 1. The van der Waals surface area contributed by atoms with Gasteiger partial charge in [0, 0.05) is 11.8 Å². The second-order valence-corrected chi connectivity index (χ2v) is 5.17. The molecule has 0 saturated carbocycles. The molecule has 0 bridgehead atoms. The summed E-state index contributed by atoms with van der Waals surface area (Å²) < 4.78 is 0. The molecule has 4 heteroatoms. The summed E-state index contributed by atoms with van der Waals surface area (Å²) in [5.74, 6) is -0.104. The van der Waals surface area contributed by atoms with Crippen molar-refractivity contribution in [1.82, 2.24) is 0 Å². The van der Waals surface area contributed by atoms with E-state index in [0.717, 1.165) is 24.3 Å². The highest BCUT2D eigenvalue weighted by molar-refractivity contribution is 7.16. The summed E-state index contributed by atoms with van der Waals surface area (Å²) in [4.78, 5) is 12.3. The number of fused-ring (bicyclic) bond motifs is 1. The molecule has 3 nitrogen and oxygen atoms in total. The van der Waals surface area contributed by atoms with E-state index < -0.39 is 0 Å². The van der Waals surface area contributed by atoms with Crippen molar-refractivity contribution in [1.29, 1.82) is 5.26 Å². The van der Waals surface area contributed by atoms with Crippen LogP contribution in [0.4, 0.5) is 5.00 Å². The third kappa shape index (κ3) is 2.10. The highest BCUT2D eigenvalue weighted by Gasteiger charge is 2.19. The number of thiophene rings is 1. The van der Waals surface area contributed by atoms with E-state index in [1.807, 2.05) is 0 Å². The van der Waals surface area contributed by atoms with E-state index in [1.165, 1.54) is 30.2 Å². The number of carbonyl (C=O) groups is 1. The van der Waals surface area contributed by atoms with Gasteiger partial charge in [0.05, 0.1) is 5.56 Å². The quantitative estimate of drug-likeness (QED) is 0.760. The van der Waals surface area contributed by atoms with Crippen molar-refractivity contribution >= 4 is 22.2 Å². The molecule has 84 valence electrons. The highest BCUT2D eigenvalue weighted by Crippen LogP contribution is 2.36. The van der Waals surface area contributed by atoms with Gasteiger partial charge in [0.2, 0.25) is 5.91 Å². The maximum atomic E-state index is 11.0. The molecule has 1 aliphatic carbocycles. The Kier molecular flexibility index (Phi) is 3.25. The highest BCUT2D eigenvalue weighted by atomic mass is 32.1. The number of hydrogen-bond acceptors (Lipinski definition) is 3. The second-order valence-electron chi connectivity index (χ2n) is 4.06. The van der Waals surface area contributed by atoms with Crippen LogP contribution in [0.1, 0.15) is 42.2 Å². The van der Waals surface area contributed by atoms with E-state index in [-0.39, 0.29) is 5.91 Å². The maximum absolute atomic E-state index is 11.0. The first-order valence-corrected chi connectivity index (χ1v) is 6.36. The fraction of sp³-hybridized carbons (Fsp3) is 0.500. The van der Waals surface area contributed by atoms with Crippen LogP contribution in [0.3, 0.4) is 0 Å². The van der Waals surface area contributed by atoms with Crippen molar-refractivity contribution in [3.63, 3.8) is 0 Å². The topological polar surface area (TPSA) is 52.9 Å². The zero-order valence-corrected chi connectivity index (χ0v) is 10.1. The Labute approximate surface area is 99.1 Å². The van der Waals surface area contributed by atoms with Crippen LogP contribution in [-0.4, -0.2) is 5.91 Å². The number of nitrogens with one attached hydrogen (secondary N) is 1. The van der Waals surface area contributed by atoms with Crippen LogP contribution in [0.15, 0.2) is 0 Å². The first-order valence-electron chi connectivity index (χ1n) is 5.54. The molecule has 0 spiro atoms. The summed E-state index contributed by atoms with van der Waals surface area (Å²) in [6, 6.07) is 2.23. The van der Waals surface area contributed by atoms with Crippen molar-refractivity contribution < 1.29 is 4.79 Å². The zero-order chi connectivity index (χ0) is 11.5. The lowest BCUT2D eigenvalue weighted by atomic mass is 10.1. The molecule has 0 atom stereocenters. The molecule has 16 heavy (non-hydrogen) atoms. The van der Waals surface area contributed by atoms with Crippen molar-refractivity contribution in [2.24, 2.45) is 0 Å². The van der Waals surface area contributed by atoms with Gasteiger partial charge in [0.25, 0.3) is 0 Å². The molecule has 1 aliphatic rings. The lowest BCUT2D eigenvalue weighted by Gasteiger charge is -1.99. The van der Waals surface area contributed by atoms with Crippen molar-refractivity contribution in [2.45, 2.75) is 39.0 Å². The van der Waals surface area contributed by atoms with Gasteiger partial charge >= 0.3 is 0 Å². The minimum absolute atomic E-state index is 0.104. The monoisotopic (exact) mass is 234 g/mol. The Bertz CT molecular complexity index is 456. The molecule has 1 heterocycles. The Balaban J connectivity index is 2.41. The summed E-state index contributed by atoms with van der Waals surface area (Å²) in [6.45, 7) is 1.48. The van der Waals surface area contributed by atoms with Crippen molar-refractivity contribution in [2.75, 3.05) is 5.32 Å². The fourth-order valence-electron chi connectivity index (χ4n) is 2.11. The molecule has 1 N–H and O–H groups in total. The number of hydrogen-bond donors (Lipinski definition) is 1. The largest absolute Gasteiger partial charge is 0.317 e. The first-order chi connectivity index (χ1) is 7.72. The molecule has 0 radical (unpaired) electrons. The summed E-state index contributed by atoms with van der Waals surface area (Å²) in [5, 5.41) is 12.7. The maximum Gasteiger partial charge on any atom is 0.221 e. The predicted molar refractivity (Wildman–Crippen MR) is 64.6 cm³/mol. The molecule has 1 amide bonds. The van der Waals surface area contributed by atoms with Crippen LogP contribution in [0.2, 0.25) is 0 Å². The molecule has 0 unspecified atom stereocenters. The lowest BCUT2D eigenvalue weighted by molar-refractivity contribution is -0.114. The Hall–Kier alpha value is -1.34. The minimum Gasteiger partial charge on any atom is -0.317 e. The first kappa shape index (κ1) is 11.2. The van der Waals surface area contributed by atoms with Gasteiger partial charge in [0.1, 0.15) is 11.1 Å². The second kappa shape index (κ2) is 4.67. The molecule has 0 aromatic carbocycles. The third-order valence-electron chi connectivity index (χ3n) is 2.82. The van der Waals surface area contributed by atoms with Crippen molar-refractivity contribution in [3.05, 3.63) is 16.0 Å². The van der Waals surface area contributed by atoms with Gasteiger partial charge in [-0.3, -0.25) is 4.79 Å². The summed E-state index contributed by atoms with van der Waals surface area (Å²) >= 11 is 1.57. The number of carbonyl (C=O) groups excluding carboxylic acids is 1. The Morgan fingerprint density at radius 3 is 2.81 bits per heavy atom. The van der Waals surface area contributed by atoms with Crippen LogP contribution in [-0.2, 0) is 17.6 Å². The van der Waals surface area contributed by atoms with E-state index in [9.17, 15) is 10.1 Å². The number of nitriles is 1. The SMILES string of the molecule is CC(=O)Nc1sc2c(c1C#N)CCCCC2. The summed E-state index contributed by atoms with van der Waals surface area (Å²) in [6.07, 6.45) is 5.61. The van der Waals surface area contributed by atoms with Crippen LogP contribution >= 0.6 is 11.3 Å². The number of rotatable bonds is 1.